The van der Waals surface area contributed by atoms with Crippen LogP contribution in [-0.4, -0.2) is 53.4 Å². The summed E-state index contributed by atoms with van der Waals surface area (Å²) in [6, 6.07) is 7.26. The van der Waals surface area contributed by atoms with Crippen LogP contribution in [0.5, 0.6) is 0 Å². The van der Waals surface area contributed by atoms with E-state index in [9.17, 15) is 19.2 Å². The molecule has 176 valence electrons. The number of rotatable bonds is 8. The predicted molar refractivity (Wildman–Crippen MR) is 121 cm³/mol. The van der Waals surface area contributed by atoms with Crippen LogP contribution in [0.4, 0.5) is 10.5 Å². The van der Waals surface area contributed by atoms with Gasteiger partial charge in [0.15, 0.2) is 0 Å². The van der Waals surface area contributed by atoms with Crippen molar-refractivity contribution in [2.24, 2.45) is 5.92 Å². The van der Waals surface area contributed by atoms with Gasteiger partial charge in [0.25, 0.3) is 0 Å². The van der Waals surface area contributed by atoms with Gasteiger partial charge >= 0.3 is 6.09 Å². The van der Waals surface area contributed by atoms with Crippen LogP contribution < -0.4 is 16.0 Å². The second kappa shape index (κ2) is 11.0. The summed E-state index contributed by atoms with van der Waals surface area (Å²) in [4.78, 5) is 49.9. The lowest BCUT2D eigenvalue weighted by Gasteiger charge is -2.20. The molecule has 3 N–H and O–H groups in total. The van der Waals surface area contributed by atoms with Crippen molar-refractivity contribution in [1.82, 2.24) is 15.5 Å². The Morgan fingerprint density at radius 1 is 1.19 bits per heavy atom. The molecule has 1 aliphatic rings. The fraction of sp³-hybridized carbons (Fsp3) is 0.565. The summed E-state index contributed by atoms with van der Waals surface area (Å²) < 4.78 is 5.12. The van der Waals surface area contributed by atoms with E-state index in [1.165, 1.54) is 0 Å². The van der Waals surface area contributed by atoms with Crippen molar-refractivity contribution in [3.8, 4) is 0 Å². The first-order chi connectivity index (χ1) is 14.9. The first-order valence-corrected chi connectivity index (χ1v) is 10.9. The van der Waals surface area contributed by atoms with Gasteiger partial charge in [-0.1, -0.05) is 12.1 Å². The van der Waals surface area contributed by atoms with Crippen molar-refractivity contribution in [2.75, 3.05) is 18.4 Å². The van der Waals surface area contributed by atoms with E-state index in [2.05, 4.69) is 16.0 Å². The van der Waals surface area contributed by atoms with Crippen molar-refractivity contribution in [2.45, 2.75) is 65.6 Å². The second-order valence-corrected chi connectivity index (χ2v) is 9.19. The number of amides is 4. The van der Waals surface area contributed by atoms with E-state index in [0.29, 0.717) is 12.2 Å². The first kappa shape index (κ1) is 25.2. The van der Waals surface area contributed by atoms with Crippen molar-refractivity contribution in [3.63, 3.8) is 0 Å². The van der Waals surface area contributed by atoms with Gasteiger partial charge < -0.3 is 25.6 Å². The number of anilines is 1. The monoisotopic (exact) mass is 446 g/mol. The number of alkyl carbamates (subject to hydrolysis) is 1. The van der Waals surface area contributed by atoms with Crippen molar-refractivity contribution in [1.29, 1.82) is 0 Å². The summed E-state index contributed by atoms with van der Waals surface area (Å²) in [7, 11) is 0. The number of hydrogen-bond acceptors (Lipinski definition) is 5. The molecule has 2 rings (SSSR count). The highest BCUT2D eigenvalue weighted by Crippen LogP contribution is 2.22. The molecule has 0 spiro atoms. The largest absolute Gasteiger partial charge is 0.444 e. The van der Waals surface area contributed by atoms with Gasteiger partial charge in [0, 0.05) is 44.2 Å². The Morgan fingerprint density at radius 2 is 1.91 bits per heavy atom. The minimum Gasteiger partial charge on any atom is -0.444 e. The summed E-state index contributed by atoms with van der Waals surface area (Å²) in [6.45, 7) is 10.1. The van der Waals surface area contributed by atoms with Crippen LogP contribution in [0.2, 0.25) is 0 Å². The van der Waals surface area contributed by atoms with Crippen LogP contribution >= 0.6 is 0 Å². The van der Waals surface area contributed by atoms with Gasteiger partial charge in [-0.05, 0) is 52.3 Å². The number of carbonyl (C=O) groups is 4. The molecular formula is C23H34N4O5. The molecule has 32 heavy (non-hydrogen) atoms. The van der Waals surface area contributed by atoms with Gasteiger partial charge in [0.2, 0.25) is 17.7 Å². The maximum Gasteiger partial charge on any atom is 0.407 e. The number of ether oxygens (including phenoxy) is 1. The number of nitrogens with one attached hydrogen (secondary N) is 3. The minimum atomic E-state index is -0.589. The molecule has 1 unspecified atom stereocenters. The van der Waals surface area contributed by atoms with E-state index in [1.54, 1.807) is 43.9 Å². The quantitative estimate of drug-likeness (QED) is 0.567. The maximum absolute atomic E-state index is 12.6. The smallest absolute Gasteiger partial charge is 0.407 e. The van der Waals surface area contributed by atoms with E-state index < -0.39 is 11.7 Å². The molecule has 9 heteroatoms. The molecule has 1 heterocycles. The Kier molecular flexibility index (Phi) is 8.63. The summed E-state index contributed by atoms with van der Waals surface area (Å²) in [5.41, 5.74) is 0.847. The zero-order valence-electron chi connectivity index (χ0n) is 19.5. The van der Waals surface area contributed by atoms with Gasteiger partial charge in [0.05, 0.1) is 5.92 Å². The molecule has 0 aliphatic carbocycles. The SMILES string of the molecule is CC(C)N1CC(C(=O)Nc2cccc(CNC(=O)CCNC(=O)OC(C)(C)C)c2)CC1=O. The Hall–Kier alpha value is -3.10. The second-order valence-electron chi connectivity index (χ2n) is 9.19. The fourth-order valence-electron chi connectivity index (χ4n) is 3.29. The normalized spacial score (nSPS) is 16.1. The predicted octanol–water partition coefficient (Wildman–Crippen LogP) is 2.41. The first-order valence-electron chi connectivity index (χ1n) is 10.9. The molecule has 1 saturated heterocycles. The van der Waals surface area contributed by atoms with Crippen molar-refractivity contribution in [3.05, 3.63) is 29.8 Å². The molecule has 1 aromatic rings. The topological polar surface area (TPSA) is 117 Å². The number of nitrogens with zero attached hydrogens (tertiary/aromatic N) is 1. The zero-order chi connectivity index (χ0) is 23.9. The van der Waals surface area contributed by atoms with E-state index in [-0.39, 0.29) is 55.6 Å². The van der Waals surface area contributed by atoms with Gasteiger partial charge in [-0.3, -0.25) is 14.4 Å². The molecule has 0 saturated carbocycles. The minimum absolute atomic E-state index is 0.00206. The van der Waals surface area contributed by atoms with E-state index in [0.717, 1.165) is 5.56 Å². The summed E-state index contributed by atoms with van der Waals surface area (Å²) in [5.74, 6) is -0.770. The molecule has 1 atom stereocenters. The summed E-state index contributed by atoms with van der Waals surface area (Å²) in [6.07, 6.45) is -0.219. The molecule has 9 nitrogen and oxygen atoms in total. The third-order valence-corrected chi connectivity index (χ3v) is 4.86. The van der Waals surface area contributed by atoms with Crippen molar-refractivity contribution >= 4 is 29.5 Å². The van der Waals surface area contributed by atoms with Crippen LogP contribution in [0.15, 0.2) is 24.3 Å². The molecule has 0 bridgehead atoms. The lowest BCUT2D eigenvalue weighted by atomic mass is 10.1. The maximum atomic E-state index is 12.6. The van der Waals surface area contributed by atoms with Gasteiger partial charge in [-0.2, -0.15) is 0 Å². The van der Waals surface area contributed by atoms with Gasteiger partial charge in [-0.25, -0.2) is 4.79 Å². The molecule has 4 amide bonds. The van der Waals surface area contributed by atoms with E-state index in [1.807, 2.05) is 19.9 Å². The molecular weight excluding hydrogens is 412 g/mol. The Bertz CT molecular complexity index is 847. The molecule has 0 aromatic heterocycles. The molecule has 1 fully saturated rings. The summed E-state index contributed by atoms with van der Waals surface area (Å²) >= 11 is 0. The van der Waals surface area contributed by atoms with E-state index in [4.69, 9.17) is 4.74 Å². The zero-order valence-corrected chi connectivity index (χ0v) is 19.5. The van der Waals surface area contributed by atoms with Crippen LogP contribution in [0, 0.1) is 5.92 Å². The highest BCUT2D eigenvalue weighted by atomic mass is 16.6. The average molecular weight is 447 g/mol. The van der Waals surface area contributed by atoms with Gasteiger partial charge in [-0.15, -0.1) is 0 Å². The van der Waals surface area contributed by atoms with E-state index >= 15 is 0 Å². The lowest BCUT2D eigenvalue weighted by molar-refractivity contribution is -0.129. The average Bonchev–Trinajstić information content (AvgIpc) is 3.07. The van der Waals surface area contributed by atoms with Crippen LogP contribution in [0.3, 0.4) is 0 Å². The van der Waals surface area contributed by atoms with Crippen LogP contribution in [-0.2, 0) is 25.7 Å². The molecule has 0 radical (unpaired) electrons. The number of likely N-dealkylation sites (tertiary alicyclic amines) is 1. The Balaban J connectivity index is 1.77. The highest BCUT2D eigenvalue weighted by molar-refractivity contribution is 5.97. The number of hydrogen-bond donors (Lipinski definition) is 3. The standard InChI is InChI=1S/C23H34N4O5/c1-15(2)27-14-17(12-20(27)29)21(30)26-18-8-6-7-16(11-18)13-25-19(28)9-10-24-22(31)32-23(3,4)5/h6-8,11,15,17H,9-10,12-14H2,1-5H3,(H,24,31)(H,25,28)(H,26,30). The van der Waals surface area contributed by atoms with Crippen LogP contribution in [0.25, 0.3) is 0 Å². The number of benzene rings is 1. The lowest BCUT2D eigenvalue weighted by Crippen LogP contribution is -2.35. The van der Waals surface area contributed by atoms with Crippen LogP contribution in [0.1, 0.15) is 53.0 Å². The number of carbonyl (C=O) groups excluding carboxylic acids is 4. The Morgan fingerprint density at radius 3 is 2.53 bits per heavy atom. The Labute approximate surface area is 189 Å². The molecule has 1 aliphatic heterocycles. The fourth-order valence-corrected chi connectivity index (χ4v) is 3.29. The van der Waals surface area contributed by atoms with Gasteiger partial charge in [0.1, 0.15) is 5.60 Å². The highest BCUT2D eigenvalue weighted by Gasteiger charge is 2.35. The third-order valence-electron chi connectivity index (χ3n) is 4.86. The third kappa shape index (κ3) is 8.20. The summed E-state index contributed by atoms with van der Waals surface area (Å²) in [5, 5.41) is 8.19. The van der Waals surface area contributed by atoms with Crippen molar-refractivity contribution < 1.29 is 23.9 Å². The molecule has 1 aromatic carbocycles.